The Hall–Kier alpha value is -1.99. The Bertz CT molecular complexity index is 691. The number of rotatable bonds is 5. The number of sulfonamides is 1. The average Bonchev–Trinajstić information content (AvgIpc) is 2.87. The van der Waals surface area contributed by atoms with E-state index in [-0.39, 0.29) is 17.4 Å². The third-order valence-corrected chi connectivity index (χ3v) is 3.80. The average molecular weight is 280 g/mol. The third kappa shape index (κ3) is 3.07. The smallest absolute Gasteiger partial charge is 0.274 e. The zero-order valence-corrected chi connectivity index (χ0v) is 11.0. The highest BCUT2D eigenvalue weighted by molar-refractivity contribution is 7.89. The standard InChI is InChI=1S/C12H12N2O4S/c1-9-3-2-6-13-11(9)7-14-19(16,17)12-5-4-10(8-15)18-12/h2-6,8,14H,7H2,1H3. The number of aldehydes is 1. The first-order valence-corrected chi connectivity index (χ1v) is 6.96. The number of furan rings is 1. The first-order chi connectivity index (χ1) is 9.03. The summed E-state index contributed by atoms with van der Waals surface area (Å²) < 4.78 is 31.0. The molecule has 6 nitrogen and oxygen atoms in total. The summed E-state index contributed by atoms with van der Waals surface area (Å²) in [5.74, 6) is -0.0330. The maximum absolute atomic E-state index is 11.9. The van der Waals surface area contributed by atoms with Crippen LogP contribution in [0.25, 0.3) is 0 Å². The van der Waals surface area contributed by atoms with E-state index in [1.54, 1.807) is 12.3 Å². The molecule has 0 saturated carbocycles. The summed E-state index contributed by atoms with van der Waals surface area (Å²) >= 11 is 0. The van der Waals surface area contributed by atoms with E-state index in [1.165, 1.54) is 12.1 Å². The van der Waals surface area contributed by atoms with E-state index in [2.05, 4.69) is 9.71 Å². The number of nitrogens with one attached hydrogen (secondary N) is 1. The molecule has 7 heteroatoms. The van der Waals surface area contributed by atoms with Crippen LogP contribution in [-0.4, -0.2) is 19.7 Å². The fourth-order valence-corrected chi connectivity index (χ4v) is 2.40. The number of carbonyl (C=O) groups is 1. The van der Waals surface area contributed by atoms with Crippen LogP contribution >= 0.6 is 0 Å². The van der Waals surface area contributed by atoms with Crippen LogP contribution < -0.4 is 4.72 Å². The van der Waals surface area contributed by atoms with Crippen molar-refractivity contribution in [3.8, 4) is 0 Å². The quantitative estimate of drug-likeness (QED) is 0.833. The third-order valence-electron chi connectivity index (χ3n) is 2.53. The lowest BCUT2D eigenvalue weighted by molar-refractivity contribution is 0.109. The number of hydrogen-bond donors (Lipinski definition) is 1. The van der Waals surface area contributed by atoms with Crippen molar-refractivity contribution in [2.24, 2.45) is 0 Å². The van der Waals surface area contributed by atoms with Gasteiger partial charge < -0.3 is 4.42 Å². The van der Waals surface area contributed by atoms with Crippen LogP contribution in [0.5, 0.6) is 0 Å². The summed E-state index contributed by atoms with van der Waals surface area (Å²) in [6.45, 7) is 1.90. The molecule has 2 heterocycles. The maximum atomic E-state index is 11.9. The van der Waals surface area contributed by atoms with Gasteiger partial charge >= 0.3 is 0 Å². The van der Waals surface area contributed by atoms with E-state index >= 15 is 0 Å². The lowest BCUT2D eigenvalue weighted by atomic mass is 10.2. The molecule has 0 atom stereocenters. The molecule has 0 amide bonds. The second-order valence-electron chi connectivity index (χ2n) is 3.87. The van der Waals surface area contributed by atoms with Crippen molar-refractivity contribution in [2.75, 3.05) is 0 Å². The van der Waals surface area contributed by atoms with Crippen molar-refractivity contribution >= 4 is 16.3 Å². The number of pyridine rings is 1. The molecule has 0 spiro atoms. The first kappa shape index (κ1) is 13.4. The van der Waals surface area contributed by atoms with Gasteiger partial charge in [0, 0.05) is 6.20 Å². The topological polar surface area (TPSA) is 89.3 Å². The normalized spacial score (nSPS) is 11.4. The number of carbonyl (C=O) groups excluding carboxylic acids is 1. The van der Waals surface area contributed by atoms with E-state index in [4.69, 9.17) is 4.42 Å². The zero-order valence-electron chi connectivity index (χ0n) is 10.2. The van der Waals surface area contributed by atoms with E-state index < -0.39 is 10.0 Å². The van der Waals surface area contributed by atoms with Crippen molar-refractivity contribution in [1.29, 1.82) is 0 Å². The van der Waals surface area contributed by atoms with Crippen molar-refractivity contribution in [3.05, 3.63) is 47.5 Å². The van der Waals surface area contributed by atoms with Crippen molar-refractivity contribution < 1.29 is 17.6 Å². The van der Waals surface area contributed by atoms with Gasteiger partial charge in [0.1, 0.15) is 0 Å². The zero-order chi connectivity index (χ0) is 13.9. The molecule has 0 unspecified atom stereocenters. The first-order valence-electron chi connectivity index (χ1n) is 5.48. The second-order valence-corrected chi connectivity index (χ2v) is 5.56. The molecule has 0 aliphatic carbocycles. The van der Waals surface area contributed by atoms with Gasteiger partial charge in [0.15, 0.2) is 12.0 Å². The summed E-state index contributed by atoms with van der Waals surface area (Å²) in [4.78, 5) is 14.5. The van der Waals surface area contributed by atoms with Gasteiger partial charge in [-0.15, -0.1) is 0 Å². The van der Waals surface area contributed by atoms with Gasteiger partial charge in [-0.2, -0.15) is 0 Å². The van der Waals surface area contributed by atoms with E-state index in [9.17, 15) is 13.2 Å². The predicted octanol–water partition coefficient (Wildman–Crippen LogP) is 1.27. The molecule has 0 fully saturated rings. The van der Waals surface area contributed by atoms with Crippen LogP contribution in [0.1, 0.15) is 21.8 Å². The Labute approximate surface area is 110 Å². The molecule has 2 aromatic rings. The van der Waals surface area contributed by atoms with Gasteiger partial charge in [0.05, 0.1) is 12.2 Å². The van der Waals surface area contributed by atoms with Crippen LogP contribution in [-0.2, 0) is 16.6 Å². The van der Waals surface area contributed by atoms with Crippen molar-refractivity contribution in [1.82, 2.24) is 9.71 Å². The molecule has 100 valence electrons. The van der Waals surface area contributed by atoms with E-state index in [1.807, 2.05) is 13.0 Å². The molecular weight excluding hydrogens is 268 g/mol. The lowest BCUT2D eigenvalue weighted by Crippen LogP contribution is -2.23. The maximum Gasteiger partial charge on any atom is 0.274 e. The summed E-state index contributed by atoms with van der Waals surface area (Å²) in [6, 6.07) is 6.15. The van der Waals surface area contributed by atoms with Gasteiger partial charge in [-0.05, 0) is 30.7 Å². The highest BCUT2D eigenvalue weighted by Gasteiger charge is 2.18. The van der Waals surface area contributed by atoms with E-state index in [0.29, 0.717) is 12.0 Å². The minimum absolute atomic E-state index is 0.0330. The molecule has 0 bridgehead atoms. The summed E-state index contributed by atoms with van der Waals surface area (Å²) in [6.07, 6.45) is 2.04. The minimum atomic E-state index is -3.78. The minimum Gasteiger partial charge on any atom is -0.440 e. The monoisotopic (exact) mass is 280 g/mol. The molecule has 0 aliphatic rings. The second kappa shape index (κ2) is 5.33. The molecule has 0 saturated heterocycles. The highest BCUT2D eigenvalue weighted by atomic mass is 32.2. The molecule has 2 rings (SSSR count). The van der Waals surface area contributed by atoms with Crippen LogP contribution in [0.3, 0.4) is 0 Å². The van der Waals surface area contributed by atoms with Crippen LogP contribution in [0.2, 0.25) is 0 Å². The Balaban J connectivity index is 2.14. The molecule has 0 aromatic carbocycles. The molecular formula is C12H12N2O4S. The molecule has 0 aliphatic heterocycles. The number of hydrogen-bond acceptors (Lipinski definition) is 5. The van der Waals surface area contributed by atoms with Crippen molar-refractivity contribution in [3.63, 3.8) is 0 Å². The van der Waals surface area contributed by atoms with Crippen LogP contribution in [0.15, 0.2) is 40.0 Å². The number of aromatic nitrogens is 1. The molecule has 2 aromatic heterocycles. The fraction of sp³-hybridized carbons (Fsp3) is 0.167. The fourth-order valence-electron chi connectivity index (χ4n) is 1.48. The summed E-state index contributed by atoms with van der Waals surface area (Å²) in [5.41, 5.74) is 1.52. The Morgan fingerprint density at radius 2 is 2.16 bits per heavy atom. The SMILES string of the molecule is Cc1cccnc1CNS(=O)(=O)c1ccc(C=O)o1. The largest absolute Gasteiger partial charge is 0.440 e. The summed E-state index contributed by atoms with van der Waals surface area (Å²) in [7, 11) is -3.78. The Kier molecular flexibility index (Phi) is 3.77. The summed E-state index contributed by atoms with van der Waals surface area (Å²) in [5, 5.41) is -0.289. The number of aryl methyl sites for hydroxylation is 1. The molecule has 0 radical (unpaired) electrons. The molecule has 1 N–H and O–H groups in total. The highest BCUT2D eigenvalue weighted by Crippen LogP contribution is 2.13. The van der Waals surface area contributed by atoms with Gasteiger partial charge in [-0.3, -0.25) is 9.78 Å². The predicted molar refractivity (Wildman–Crippen MR) is 67.1 cm³/mol. The van der Waals surface area contributed by atoms with Gasteiger partial charge in [0.25, 0.3) is 10.0 Å². The van der Waals surface area contributed by atoms with E-state index in [0.717, 1.165) is 5.56 Å². The van der Waals surface area contributed by atoms with Crippen LogP contribution in [0, 0.1) is 6.92 Å². The van der Waals surface area contributed by atoms with Crippen molar-refractivity contribution in [2.45, 2.75) is 18.6 Å². The lowest BCUT2D eigenvalue weighted by Gasteiger charge is -2.05. The van der Waals surface area contributed by atoms with Crippen LogP contribution in [0.4, 0.5) is 0 Å². The Morgan fingerprint density at radius 3 is 2.79 bits per heavy atom. The number of nitrogens with zero attached hydrogens (tertiary/aromatic N) is 1. The Morgan fingerprint density at radius 1 is 1.37 bits per heavy atom. The molecule has 19 heavy (non-hydrogen) atoms. The van der Waals surface area contributed by atoms with Gasteiger partial charge in [-0.1, -0.05) is 6.07 Å². The van der Waals surface area contributed by atoms with Gasteiger partial charge in [0.2, 0.25) is 5.09 Å². The van der Waals surface area contributed by atoms with Gasteiger partial charge in [-0.25, -0.2) is 13.1 Å².